The number of rotatable bonds is 1. The van der Waals surface area contributed by atoms with E-state index in [4.69, 9.17) is 5.73 Å². The van der Waals surface area contributed by atoms with E-state index in [9.17, 15) is 23.8 Å². The highest BCUT2D eigenvalue weighted by atomic mass is 79.9. The lowest BCUT2D eigenvalue weighted by molar-refractivity contribution is 0.362. The quantitative estimate of drug-likeness (QED) is 0.583. The van der Waals surface area contributed by atoms with Gasteiger partial charge in [-0.3, -0.25) is 0 Å². The molecule has 0 saturated heterocycles. The van der Waals surface area contributed by atoms with Crippen LogP contribution in [0.4, 0.5) is 29.5 Å². The van der Waals surface area contributed by atoms with Gasteiger partial charge in [0, 0.05) is 5.69 Å². The van der Waals surface area contributed by atoms with Gasteiger partial charge in [0.15, 0.2) is 0 Å². The fourth-order valence-corrected chi connectivity index (χ4v) is 2.81. The van der Waals surface area contributed by atoms with Crippen LogP contribution in [-0.4, -0.2) is 0 Å². The van der Waals surface area contributed by atoms with Crippen LogP contribution in [0.3, 0.4) is 0 Å². The summed E-state index contributed by atoms with van der Waals surface area (Å²) in [6.45, 7) is 0. The Bertz CT molecular complexity index is 426. The fourth-order valence-electron chi connectivity index (χ4n) is 0.864. The first-order valence-corrected chi connectivity index (χ1v) is 6.04. The van der Waals surface area contributed by atoms with E-state index in [1.54, 1.807) is 0 Å². The van der Waals surface area contributed by atoms with Gasteiger partial charge >= 0.3 is 10.2 Å². The van der Waals surface area contributed by atoms with Crippen LogP contribution in [0.5, 0.6) is 0 Å². The molecule has 0 atom stereocenters. The Labute approximate surface area is 89.1 Å². The molecule has 0 saturated carbocycles. The Balaban J connectivity index is 3.68. The van der Waals surface area contributed by atoms with E-state index in [1.165, 1.54) is 0 Å². The van der Waals surface area contributed by atoms with Gasteiger partial charge in [0.1, 0.15) is 10.7 Å². The molecular weight excluding hydrogens is 312 g/mol. The third-order valence-corrected chi connectivity index (χ3v) is 3.65. The van der Waals surface area contributed by atoms with Gasteiger partial charge in [0.25, 0.3) is 0 Å². The number of anilines is 1. The maximum Gasteiger partial charge on any atom is 0.311 e. The molecule has 0 radical (unpaired) electrons. The second-order valence-corrected chi connectivity index (χ2v) is 5.95. The van der Waals surface area contributed by atoms with Gasteiger partial charge in [-0.2, -0.15) is 0 Å². The second-order valence-electron chi connectivity index (χ2n) is 2.78. The smallest absolute Gasteiger partial charge is 0.311 e. The fraction of sp³-hybridized carbons (Fsp3) is 0. The predicted octanol–water partition coefficient (Wildman–Crippen LogP) is 4.83. The summed E-state index contributed by atoms with van der Waals surface area (Å²) in [6, 6.07) is 0.506. The van der Waals surface area contributed by atoms with Crippen LogP contribution in [0.25, 0.3) is 0 Å². The van der Waals surface area contributed by atoms with Gasteiger partial charge in [-0.15, -0.1) is 0 Å². The van der Waals surface area contributed by atoms with Crippen molar-refractivity contribution in [3.63, 3.8) is 0 Å². The minimum absolute atomic E-state index is 0.00524. The van der Waals surface area contributed by atoms with Crippen molar-refractivity contribution in [2.45, 2.75) is 4.90 Å². The van der Waals surface area contributed by atoms with Gasteiger partial charge in [0.2, 0.25) is 0 Å². The molecule has 9 heteroatoms. The Morgan fingerprint density at radius 2 is 1.53 bits per heavy atom. The summed E-state index contributed by atoms with van der Waals surface area (Å²) < 4.78 is 73.0. The molecule has 88 valence electrons. The largest absolute Gasteiger partial charge is 0.399 e. The van der Waals surface area contributed by atoms with Crippen LogP contribution in [0.1, 0.15) is 0 Å². The van der Waals surface area contributed by atoms with Gasteiger partial charge < -0.3 is 5.73 Å². The lowest BCUT2D eigenvalue weighted by Crippen LogP contribution is -2.08. The summed E-state index contributed by atoms with van der Waals surface area (Å²) in [5.41, 5.74) is 4.14. The summed E-state index contributed by atoms with van der Waals surface area (Å²) in [5.74, 6) is -1.49. The number of nitrogen functional groups attached to an aromatic ring is 1. The first-order valence-electron chi connectivity index (χ1n) is 3.30. The zero-order valence-corrected chi connectivity index (χ0v) is 9.19. The number of hydrogen-bond donors (Lipinski definition) is 1. The van der Waals surface area contributed by atoms with Gasteiger partial charge in [-0.1, -0.05) is 19.4 Å². The molecule has 0 heterocycles. The Morgan fingerprint density at radius 3 is 1.93 bits per heavy atom. The number of hydrogen-bond acceptors (Lipinski definition) is 1. The molecule has 2 N–H and O–H groups in total. The van der Waals surface area contributed by atoms with Crippen molar-refractivity contribution < 1.29 is 23.8 Å². The molecule has 0 unspecified atom stereocenters. The average Bonchev–Trinajstić information content (AvgIpc) is 1.91. The first kappa shape index (κ1) is 12.5. The second kappa shape index (κ2) is 2.57. The van der Waals surface area contributed by atoms with E-state index >= 15 is 0 Å². The van der Waals surface area contributed by atoms with Crippen LogP contribution in [0, 0.1) is 5.82 Å². The van der Waals surface area contributed by atoms with Crippen LogP contribution in [0.15, 0.2) is 21.5 Å². The zero-order valence-electron chi connectivity index (χ0n) is 6.79. The summed E-state index contributed by atoms with van der Waals surface area (Å²) >= 11 is 2.12. The first-order chi connectivity index (χ1) is 6.31. The highest BCUT2D eigenvalue weighted by molar-refractivity contribution is 9.10. The highest BCUT2D eigenvalue weighted by Gasteiger charge is 2.66. The summed E-state index contributed by atoms with van der Waals surface area (Å²) in [4.78, 5) is -2.35. The monoisotopic (exact) mass is 315 g/mol. The summed E-state index contributed by atoms with van der Waals surface area (Å²) in [7, 11) is -9.91. The molecule has 0 aliphatic heterocycles. The molecule has 1 aromatic rings. The molecule has 1 aromatic carbocycles. The van der Waals surface area contributed by atoms with E-state index in [-0.39, 0.29) is 6.07 Å². The Morgan fingerprint density at radius 1 is 1.07 bits per heavy atom. The van der Waals surface area contributed by atoms with Crippen LogP contribution >= 0.6 is 26.2 Å². The maximum absolute atomic E-state index is 12.8. The van der Waals surface area contributed by atoms with Crippen LogP contribution < -0.4 is 5.73 Å². The van der Waals surface area contributed by atoms with E-state index in [2.05, 4.69) is 15.9 Å². The minimum Gasteiger partial charge on any atom is -0.399 e. The topological polar surface area (TPSA) is 26.0 Å². The Hall–Kier alpha value is -0.570. The van der Waals surface area contributed by atoms with Crippen LogP contribution in [-0.2, 0) is 0 Å². The molecule has 0 aliphatic carbocycles. The lowest BCUT2D eigenvalue weighted by atomic mass is 10.3. The van der Waals surface area contributed by atoms with E-state index in [0.29, 0.717) is 6.07 Å². The summed E-state index contributed by atoms with van der Waals surface area (Å²) in [5, 5.41) is 0. The Kier molecular flexibility index (Phi) is 2.14. The molecule has 15 heavy (non-hydrogen) atoms. The third kappa shape index (κ3) is 2.71. The van der Waals surface area contributed by atoms with Crippen molar-refractivity contribution in [3.8, 4) is 0 Å². The van der Waals surface area contributed by atoms with Crippen molar-refractivity contribution in [1.82, 2.24) is 0 Å². The van der Waals surface area contributed by atoms with Gasteiger partial charge in [0.05, 0.1) is 4.47 Å². The van der Waals surface area contributed by atoms with Crippen molar-refractivity contribution in [2.24, 2.45) is 0 Å². The van der Waals surface area contributed by atoms with Crippen molar-refractivity contribution in [3.05, 3.63) is 22.4 Å². The maximum atomic E-state index is 12.8. The molecule has 0 aromatic heterocycles. The van der Waals surface area contributed by atoms with Crippen molar-refractivity contribution in [2.75, 3.05) is 5.73 Å². The number of halogens is 7. The SMILES string of the molecule is Nc1cc(F)c(Br)c(S(F)(F)(F)(F)F)c1. The molecule has 1 rings (SSSR count). The van der Waals surface area contributed by atoms with E-state index in [1.807, 2.05) is 0 Å². The predicted molar refractivity (Wildman–Crippen MR) is 49.9 cm³/mol. The zero-order chi connectivity index (χ0) is 12.1. The van der Waals surface area contributed by atoms with Crippen molar-refractivity contribution >= 4 is 31.8 Å². The molecule has 0 spiro atoms. The molecule has 0 aliphatic rings. The minimum atomic E-state index is -9.91. The lowest BCUT2D eigenvalue weighted by Gasteiger charge is -2.41. The number of benzene rings is 1. The van der Waals surface area contributed by atoms with E-state index < -0.39 is 31.1 Å². The average molecular weight is 316 g/mol. The van der Waals surface area contributed by atoms with Gasteiger partial charge in [-0.05, 0) is 28.1 Å². The molecular formula is C6H4BrF6NS. The van der Waals surface area contributed by atoms with Crippen molar-refractivity contribution in [1.29, 1.82) is 0 Å². The number of nitrogens with two attached hydrogens (primary N) is 1. The summed E-state index contributed by atoms with van der Waals surface area (Å²) in [6.07, 6.45) is 0. The van der Waals surface area contributed by atoms with Crippen LogP contribution in [0.2, 0.25) is 0 Å². The molecule has 1 nitrogen and oxygen atoms in total. The van der Waals surface area contributed by atoms with Gasteiger partial charge in [-0.25, -0.2) is 4.39 Å². The van der Waals surface area contributed by atoms with E-state index in [0.717, 1.165) is 0 Å². The normalized spacial score (nSPS) is 17.0. The molecule has 0 fully saturated rings. The molecule has 0 bridgehead atoms. The standard InChI is InChI=1S/C6H4BrF6NS/c7-6-4(8)1-3(14)2-5(6)15(9,10,11,12)13/h1-2H,14H2. The molecule has 0 amide bonds. The highest BCUT2D eigenvalue weighted by Crippen LogP contribution is 3.02. The third-order valence-electron chi connectivity index (χ3n) is 1.43.